The second-order valence-corrected chi connectivity index (χ2v) is 9.62. The predicted octanol–water partition coefficient (Wildman–Crippen LogP) is 5.81. The van der Waals surface area contributed by atoms with Crippen LogP contribution in [-0.2, 0) is 11.4 Å². The smallest absolute Gasteiger partial charge is 0.0625 e. The first-order valence-corrected chi connectivity index (χ1v) is 11.8. The van der Waals surface area contributed by atoms with Crippen LogP contribution in [0.15, 0.2) is 48.0 Å². The van der Waals surface area contributed by atoms with Gasteiger partial charge in [0.05, 0.1) is 0 Å². The van der Waals surface area contributed by atoms with Crippen LogP contribution in [0, 0.1) is 0 Å². The Labute approximate surface area is 193 Å². The molecule has 0 amide bonds. The molecule has 1 N–H and O–H groups in total. The van der Waals surface area contributed by atoms with Crippen molar-refractivity contribution >= 4 is 30.2 Å². The Morgan fingerprint density at radius 3 is 2.74 bits per heavy atom. The third-order valence-corrected chi connectivity index (χ3v) is 6.63. The molecule has 167 valence electrons. The summed E-state index contributed by atoms with van der Waals surface area (Å²) in [7, 11) is 5.76. The minimum atomic E-state index is -0.374. The molecule has 1 aromatic carbocycles. The van der Waals surface area contributed by atoms with Gasteiger partial charge in [0.2, 0.25) is 0 Å². The predicted molar refractivity (Wildman–Crippen MR) is 136 cm³/mol. The van der Waals surface area contributed by atoms with E-state index in [-0.39, 0.29) is 11.6 Å². The summed E-state index contributed by atoms with van der Waals surface area (Å²) in [6.45, 7) is 20.0. The van der Waals surface area contributed by atoms with Crippen LogP contribution in [0.25, 0.3) is 4.91 Å². The minimum absolute atomic E-state index is 0.227. The van der Waals surface area contributed by atoms with E-state index >= 15 is 0 Å². The molecule has 1 atom stereocenters. The van der Waals surface area contributed by atoms with Crippen LogP contribution in [0.5, 0.6) is 5.75 Å². The molecular formula is C25H36BN2O2S. The van der Waals surface area contributed by atoms with Crippen molar-refractivity contribution in [2.45, 2.75) is 72.1 Å². The Morgan fingerprint density at radius 2 is 2.13 bits per heavy atom. The summed E-state index contributed by atoms with van der Waals surface area (Å²) in [5, 5.41) is 5.32. The van der Waals surface area contributed by atoms with Gasteiger partial charge in [-0.2, -0.15) is 0 Å². The normalized spacial score (nSPS) is 16.0. The molecule has 31 heavy (non-hydrogen) atoms. The van der Waals surface area contributed by atoms with Crippen molar-refractivity contribution in [3.8, 4) is 5.75 Å². The van der Waals surface area contributed by atoms with E-state index < -0.39 is 0 Å². The molecule has 2 rings (SSSR count). The van der Waals surface area contributed by atoms with Gasteiger partial charge < -0.3 is 0 Å². The first-order valence-electron chi connectivity index (χ1n) is 10.9. The molecule has 0 saturated carbocycles. The fourth-order valence-corrected chi connectivity index (χ4v) is 4.03. The molecular weight excluding hydrogens is 403 g/mol. The molecule has 1 aliphatic heterocycles. The Morgan fingerprint density at radius 1 is 1.39 bits per heavy atom. The number of thioether (sulfide) groups is 1. The molecule has 1 aliphatic rings. The number of benzene rings is 1. The van der Waals surface area contributed by atoms with Crippen molar-refractivity contribution in [1.82, 2.24) is 10.2 Å². The van der Waals surface area contributed by atoms with Gasteiger partial charge in [0.15, 0.2) is 0 Å². The second-order valence-electron chi connectivity index (χ2n) is 8.64. The van der Waals surface area contributed by atoms with Crippen molar-refractivity contribution in [2.24, 2.45) is 0 Å². The average molecular weight is 439 g/mol. The Kier molecular flexibility index (Phi) is 9.51. The summed E-state index contributed by atoms with van der Waals surface area (Å²) in [4.78, 5) is 15.0. The van der Waals surface area contributed by atoms with Crippen LogP contribution in [0.4, 0.5) is 0 Å². The van der Waals surface area contributed by atoms with Gasteiger partial charge in [0.1, 0.15) is 0 Å². The third-order valence-electron chi connectivity index (χ3n) is 5.59. The second kappa shape index (κ2) is 11.6. The first-order chi connectivity index (χ1) is 14.7. The third kappa shape index (κ3) is 7.04. The Hall–Kier alpha value is -1.92. The van der Waals surface area contributed by atoms with Crippen molar-refractivity contribution in [3.63, 3.8) is 0 Å². The minimum Gasteiger partial charge on any atom is -0.0625 e. The zero-order valence-corrected chi connectivity index (χ0v) is 20.5. The molecule has 0 aliphatic carbocycles. The monoisotopic (exact) mass is 439 g/mol. The molecule has 1 saturated heterocycles. The molecule has 4 nitrogen and oxygen atoms in total. The molecule has 1 fully saturated rings. The fourth-order valence-electron chi connectivity index (χ4n) is 3.36. The Balaban J connectivity index is 2.25. The summed E-state index contributed by atoms with van der Waals surface area (Å²) in [5.41, 5.74) is 3.91. The zero-order valence-electron chi connectivity index (χ0n) is 19.7. The summed E-state index contributed by atoms with van der Waals surface area (Å²) >= 11 is 1.61. The average Bonchev–Trinajstić information content (AvgIpc) is 3.23. The maximum absolute atomic E-state index is 5.88. The van der Waals surface area contributed by atoms with Crippen molar-refractivity contribution in [2.75, 3.05) is 6.54 Å². The number of hydrogen-bond donors (Lipinski definition) is 1. The van der Waals surface area contributed by atoms with Crippen molar-refractivity contribution < 1.29 is 9.78 Å². The molecule has 0 aromatic heterocycles. The summed E-state index contributed by atoms with van der Waals surface area (Å²) in [6.07, 6.45) is 4.68. The molecule has 1 radical (unpaired) electrons. The van der Waals surface area contributed by atoms with Crippen LogP contribution >= 0.6 is 11.8 Å². The zero-order chi connectivity index (χ0) is 23.0. The van der Waals surface area contributed by atoms with Crippen LogP contribution < -0.4 is 10.2 Å². The van der Waals surface area contributed by atoms with E-state index in [9.17, 15) is 0 Å². The summed E-state index contributed by atoms with van der Waals surface area (Å²) < 4.78 is 0. The molecule has 6 heteroatoms. The Bertz CT molecular complexity index is 831. The number of nitrogens with zero attached hydrogens (tertiary/aromatic N) is 1. The van der Waals surface area contributed by atoms with Gasteiger partial charge in [0.25, 0.3) is 0 Å². The van der Waals surface area contributed by atoms with E-state index in [0.29, 0.717) is 12.3 Å². The van der Waals surface area contributed by atoms with Crippen LogP contribution in [-0.4, -0.2) is 36.7 Å². The van der Waals surface area contributed by atoms with E-state index in [1.54, 1.807) is 17.9 Å². The van der Waals surface area contributed by atoms with Gasteiger partial charge in [-0.3, -0.25) is 0 Å². The van der Waals surface area contributed by atoms with Gasteiger partial charge in [-0.25, -0.2) is 0 Å². The van der Waals surface area contributed by atoms with Crippen LogP contribution in [0.1, 0.15) is 65.0 Å². The molecule has 1 unspecified atom stereocenters. The number of rotatable bonds is 12. The number of likely N-dealkylation sites (tertiary alicyclic amines) is 1. The molecule has 1 aromatic rings. The quantitative estimate of drug-likeness (QED) is 0.253. The first kappa shape index (κ1) is 25.3. The standard InChI is InChI=1S/C25H36BN2O2S/c1-8-25(6,7)30-29-23-15-20(24(18(3)4)31-9-2)12-13-21(23)16-27-19(5)22-11-10-14-28(22)17-26/h9,12-13,15,17,22,27H,2,5,8,10-11,14,16H2,1,3-4,6-7H3. The molecule has 0 spiro atoms. The maximum atomic E-state index is 5.88. The fraction of sp³-hybridized carbons (Fsp3) is 0.480. The van der Waals surface area contributed by atoms with Gasteiger partial charge in [-0.1, -0.05) is 13.5 Å². The van der Waals surface area contributed by atoms with E-state index in [4.69, 9.17) is 17.3 Å². The van der Waals surface area contributed by atoms with Crippen molar-refractivity contribution in [1.29, 1.82) is 0 Å². The topological polar surface area (TPSA) is 33.7 Å². The SMILES string of the molecule is [B]=CN1CCCC1C(=C)NCc1ccc(C(SC=C)=C(C)C)cc1OOC(C)(C)CC. The summed E-state index contributed by atoms with van der Waals surface area (Å²) in [5.74, 6) is 0.705. The van der Waals surface area contributed by atoms with E-state index in [2.05, 4.69) is 56.3 Å². The van der Waals surface area contributed by atoms with E-state index in [0.717, 1.165) is 42.6 Å². The van der Waals surface area contributed by atoms with Gasteiger partial charge in [-0.05, 0) is 19.3 Å². The van der Waals surface area contributed by atoms with Crippen LogP contribution in [0.3, 0.4) is 0 Å². The molecule has 1 heterocycles. The van der Waals surface area contributed by atoms with E-state index in [1.165, 1.54) is 10.5 Å². The van der Waals surface area contributed by atoms with Gasteiger partial charge in [0, 0.05) is 0 Å². The van der Waals surface area contributed by atoms with Crippen molar-refractivity contribution in [3.05, 3.63) is 59.2 Å². The van der Waals surface area contributed by atoms with Gasteiger partial charge >= 0.3 is 161 Å². The van der Waals surface area contributed by atoms with E-state index in [1.807, 2.05) is 25.3 Å². The molecule has 0 bridgehead atoms. The van der Waals surface area contributed by atoms with Gasteiger partial charge in [-0.15, -0.1) is 0 Å². The van der Waals surface area contributed by atoms with Crippen LogP contribution in [0.2, 0.25) is 0 Å². The number of nitrogens with one attached hydrogen (secondary N) is 1. The summed E-state index contributed by atoms with van der Waals surface area (Å²) in [6, 6.07) is 6.47. The number of hydrogen-bond acceptors (Lipinski definition) is 5. The number of allylic oxidation sites excluding steroid dienone is 1.